The second-order valence-electron chi connectivity index (χ2n) is 6.31. The lowest BCUT2D eigenvalue weighted by Crippen LogP contribution is -2.41. The fourth-order valence-electron chi connectivity index (χ4n) is 3.62. The van der Waals surface area contributed by atoms with Crippen molar-refractivity contribution in [3.05, 3.63) is 0 Å². The van der Waals surface area contributed by atoms with E-state index in [1.54, 1.807) is 0 Å². The first-order valence-corrected chi connectivity index (χ1v) is 7.71. The van der Waals surface area contributed by atoms with E-state index in [1.165, 1.54) is 38.5 Å². The Labute approximate surface area is 123 Å². The second kappa shape index (κ2) is 8.11. The van der Waals surface area contributed by atoms with Gasteiger partial charge in [0.2, 0.25) is 5.91 Å². The van der Waals surface area contributed by atoms with Gasteiger partial charge >= 0.3 is 0 Å². The second-order valence-corrected chi connectivity index (χ2v) is 6.31. The van der Waals surface area contributed by atoms with Gasteiger partial charge in [-0.1, -0.05) is 25.7 Å². The first kappa shape index (κ1) is 16.8. The fraction of sp³-hybridized carbons (Fsp3) is 0.933. The van der Waals surface area contributed by atoms with Crippen molar-refractivity contribution >= 4 is 18.3 Å². The Morgan fingerprint density at radius 2 is 1.74 bits per heavy atom. The summed E-state index contributed by atoms with van der Waals surface area (Å²) >= 11 is 0. The van der Waals surface area contributed by atoms with Gasteiger partial charge < -0.3 is 11.1 Å². The molecule has 0 aromatic rings. The van der Waals surface area contributed by atoms with Crippen molar-refractivity contribution in [3.8, 4) is 0 Å². The van der Waals surface area contributed by atoms with Gasteiger partial charge in [-0.15, -0.1) is 12.4 Å². The highest BCUT2D eigenvalue weighted by Crippen LogP contribution is 2.28. The summed E-state index contributed by atoms with van der Waals surface area (Å²) in [5.74, 6) is 1.33. The maximum atomic E-state index is 12.1. The van der Waals surface area contributed by atoms with Gasteiger partial charge in [0.15, 0.2) is 0 Å². The lowest BCUT2D eigenvalue weighted by Gasteiger charge is -2.29. The number of nitrogens with two attached hydrogens (primary N) is 1. The predicted molar refractivity (Wildman–Crippen MR) is 81.4 cm³/mol. The van der Waals surface area contributed by atoms with Crippen molar-refractivity contribution in [3.63, 3.8) is 0 Å². The molecule has 2 aliphatic rings. The van der Waals surface area contributed by atoms with Crippen LogP contribution in [0.4, 0.5) is 0 Å². The zero-order valence-electron chi connectivity index (χ0n) is 12.1. The summed E-state index contributed by atoms with van der Waals surface area (Å²) in [6.07, 6.45) is 10.6. The number of carbonyl (C=O) groups is 1. The summed E-state index contributed by atoms with van der Waals surface area (Å²) in [7, 11) is 0. The summed E-state index contributed by atoms with van der Waals surface area (Å²) in [5, 5.41) is 3.20. The molecule has 3 nitrogen and oxygen atoms in total. The van der Waals surface area contributed by atoms with Gasteiger partial charge in [0.1, 0.15) is 0 Å². The van der Waals surface area contributed by atoms with Crippen molar-refractivity contribution in [2.75, 3.05) is 0 Å². The van der Waals surface area contributed by atoms with Crippen LogP contribution in [0.25, 0.3) is 0 Å². The molecule has 112 valence electrons. The van der Waals surface area contributed by atoms with E-state index in [4.69, 9.17) is 5.73 Å². The third-order valence-corrected chi connectivity index (χ3v) is 4.91. The van der Waals surface area contributed by atoms with E-state index >= 15 is 0 Å². The maximum absolute atomic E-state index is 12.1. The molecule has 0 aliphatic heterocycles. The monoisotopic (exact) mass is 288 g/mol. The Morgan fingerprint density at radius 1 is 1.16 bits per heavy atom. The molecule has 2 rings (SSSR count). The van der Waals surface area contributed by atoms with Crippen LogP contribution in [0.15, 0.2) is 0 Å². The number of carbonyl (C=O) groups excluding carboxylic acids is 1. The van der Waals surface area contributed by atoms with E-state index in [1.807, 2.05) is 0 Å². The zero-order chi connectivity index (χ0) is 13.0. The highest BCUT2D eigenvalue weighted by Gasteiger charge is 2.26. The normalized spacial score (nSPS) is 29.6. The average molecular weight is 289 g/mol. The lowest BCUT2D eigenvalue weighted by molar-refractivity contribution is -0.123. The van der Waals surface area contributed by atoms with E-state index in [-0.39, 0.29) is 24.4 Å². The third-order valence-electron chi connectivity index (χ3n) is 4.91. The molecule has 2 saturated carbocycles. The summed E-state index contributed by atoms with van der Waals surface area (Å²) in [6.45, 7) is 2.16. The van der Waals surface area contributed by atoms with Gasteiger partial charge in [0, 0.05) is 18.5 Å². The van der Waals surface area contributed by atoms with Crippen LogP contribution in [-0.2, 0) is 4.79 Å². The molecule has 1 amide bonds. The smallest absolute Gasteiger partial charge is 0.220 e. The minimum Gasteiger partial charge on any atom is -0.353 e. The molecule has 4 heteroatoms. The van der Waals surface area contributed by atoms with Gasteiger partial charge in [-0.3, -0.25) is 4.79 Å². The molecule has 19 heavy (non-hydrogen) atoms. The number of halogens is 1. The largest absolute Gasteiger partial charge is 0.353 e. The number of hydrogen-bond acceptors (Lipinski definition) is 2. The topological polar surface area (TPSA) is 55.1 Å². The van der Waals surface area contributed by atoms with E-state index in [0.29, 0.717) is 24.3 Å². The summed E-state index contributed by atoms with van der Waals surface area (Å²) < 4.78 is 0. The van der Waals surface area contributed by atoms with Gasteiger partial charge in [-0.2, -0.15) is 0 Å². The zero-order valence-corrected chi connectivity index (χ0v) is 12.9. The lowest BCUT2D eigenvalue weighted by atomic mass is 9.83. The van der Waals surface area contributed by atoms with Gasteiger partial charge in [-0.05, 0) is 44.4 Å². The minimum absolute atomic E-state index is 0. The van der Waals surface area contributed by atoms with E-state index in [9.17, 15) is 4.79 Å². The average Bonchev–Trinajstić information content (AvgIpc) is 2.85. The van der Waals surface area contributed by atoms with Crippen LogP contribution in [-0.4, -0.2) is 18.0 Å². The van der Waals surface area contributed by atoms with Crippen LogP contribution in [0, 0.1) is 11.8 Å². The number of rotatable bonds is 4. The maximum Gasteiger partial charge on any atom is 0.220 e. The van der Waals surface area contributed by atoms with Crippen molar-refractivity contribution in [1.82, 2.24) is 5.32 Å². The molecule has 0 heterocycles. The van der Waals surface area contributed by atoms with Crippen molar-refractivity contribution in [2.24, 2.45) is 17.6 Å². The summed E-state index contributed by atoms with van der Waals surface area (Å²) in [4.78, 5) is 12.1. The molecule has 0 saturated heterocycles. The summed E-state index contributed by atoms with van der Waals surface area (Å²) in [6, 6.07) is 0.589. The molecule has 2 aliphatic carbocycles. The third kappa shape index (κ3) is 4.96. The van der Waals surface area contributed by atoms with Crippen molar-refractivity contribution in [2.45, 2.75) is 76.8 Å². The Kier molecular flexibility index (Phi) is 7.16. The molecule has 0 bridgehead atoms. The molecule has 0 radical (unpaired) electrons. The van der Waals surface area contributed by atoms with Crippen LogP contribution in [0.1, 0.15) is 64.7 Å². The molecular formula is C15H29ClN2O. The van der Waals surface area contributed by atoms with Gasteiger partial charge in [0.25, 0.3) is 0 Å². The number of amides is 1. The number of hydrogen-bond donors (Lipinski definition) is 2. The van der Waals surface area contributed by atoms with E-state index in [0.717, 1.165) is 12.8 Å². The minimum atomic E-state index is 0. The Hall–Kier alpha value is -0.280. The highest BCUT2D eigenvalue weighted by atomic mass is 35.5. The molecule has 0 spiro atoms. The molecule has 3 unspecified atom stereocenters. The summed E-state index contributed by atoms with van der Waals surface area (Å²) in [5.41, 5.74) is 6.10. The Morgan fingerprint density at radius 3 is 2.37 bits per heavy atom. The van der Waals surface area contributed by atoms with Crippen LogP contribution >= 0.6 is 12.4 Å². The Balaban J connectivity index is 0.00000180. The SMILES string of the molecule is CC(NC(=O)CC1CCCCC1N)C1CCCC1.Cl. The highest BCUT2D eigenvalue weighted by molar-refractivity contribution is 5.85. The quantitative estimate of drug-likeness (QED) is 0.835. The van der Waals surface area contributed by atoms with Crippen molar-refractivity contribution in [1.29, 1.82) is 0 Å². The van der Waals surface area contributed by atoms with Gasteiger partial charge in [-0.25, -0.2) is 0 Å². The van der Waals surface area contributed by atoms with E-state index in [2.05, 4.69) is 12.2 Å². The van der Waals surface area contributed by atoms with Crippen LogP contribution in [0.2, 0.25) is 0 Å². The van der Waals surface area contributed by atoms with Crippen molar-refractivity contribution < 1.29 is 4.79 Å². The molecule has 3 N–H and O–H groups in total. The first-order chi connectivity index (χ1) is 8.66. The molecular weight excluding hydrogens is 260 g/mol. The molecule has 2 fully saturated rings. The molecule has 0 aromatic heterocycles. The van der Waals surface area contributed by atoms with E-state index < -0.39 is 0 Å². The van der Waals surface area contributed by atoms with Crippen LogP contribution < -0.4 is 11.1 Å². The standard InChI is InChI=1S/C15H28N2O.ClH/c1-11(12-6-2-3-7-12)17-15(18)10-13-8-4-5-9-14(13)16;/h11-14H,2-10,16H2,1H3,(H,17,18);1H. The fourth-order valence-corrected chi connectivity index (χ4v) is 3.62. The first-order valence-electron chi connectivity index (χ1n) is 7.71. The van der Waals surface area contributed by atoms with Gasteiger partial charge in [0.05, 0.1) is 0 Å². The van der Waals surface area contributed by atoms with Crippen LogP contribution in [0.3, 0.4) is 0 Å². The Bertz CT molecular complexity index is 279. The molecule has 0 aromatic carbocycles. The number of nitrogens with one attached hydrogen (secondary N) is 1. The predicted octanol–water partition coefficient (Wildman–Crippen LogP) is 3.01. The molecule has 3 atom stereocenters. The van der Waals surface area contributed by atoms with Crippen LogP contribution in [0.5, 0.6) is 0 Å².